The molecule has 0 aliphatic carbocycles. The fraction of sp³-hybridized carbons (Fsp3) is 0.391. The topological polar surface area (TPSA) is 76.7 Å². The lowest BCUT2D eigenvalue weighted by atomic mass is 10.1. The quantitative estimate of drug-likeness (QED) is 0.610. The fourth-order valence-corrected chi connectivity index (χ4v) is 2.85. The molecule has 0 saturated heterocycles. The van der Waals surface area contributed by atoms with Gasteiger partial charge in [-0.3, -0.25) is 9.59 Å². The summed E-state index contributed by atoms with van der Waals surface area (Å²) in [5.41, 5.74) is 2.17. The summed E-state index contributed by atoms with van der Waals surface area (Å²) in [6.07, 6.45) is 2.14. The van der Waals surface area contributed by atoms with Crippen molar-refractivity contribution in [3.63, 3.8) is 0 Å². The van der Waals surface area contributed by atoms with Gasteiger partial charge < -0.3 is 20.1 Å². The van der Waals surface area contributed by atoms with Gasteiger partial charge >= 0.3 is 0 Å². The van der Waals surface area contributed by atoms with Crippen molar-refractivity contribution in [2.45, 2.75) is 38.6 Å². The van der Waals surface area contributed by atoms with Gasteiger partial charge in [0.15, 0.2) is 0 Å². The Kier molecular flexibility index (Phi) is 9.02. The third-order valence-corrected chi connectivity index (χ3v) is 4.61. The van der Waals surface area contributed by atoms with Crippen LogP contribution in [0.4, 0.5) is 0 Å². The Bertz CT molecular complexity index is 772. The van der Waals surface area contributed by atoms with Crippen LogP contribution in [0.15, 0.2) is 48.5 Å². The largest absolute Gasteiger partial charge is 0.497 e. The van der Waals surface area contributed by atoms with E-state index in [0.717, 1.165) is 22.6 Å². The standard InChI is InChI=1S/C23H30N2O4/c1-17(25-23(27)15-9-19-6-12-21(29-3)13-7-19)16-24-22(26)14-8-18-4-10-20(28-2)11-5-18/h4-7,10-13,17H,8-9,14-16H2,1-3H3,(H,24,26)(H,25,27). The molecule has 1 unspecified atom stereocenters. The zero-order valence-electron chi connectivity index (χ0n) is 17.4. The predicted molar refractivity (Wildman–Crippen MR) is 113 cm³/mol. The van der Waals surface area contributed by atoms with Crippen molar-refractivity contribution >= 4 is 11.8 Å². The first-order valence-electron chi connectivity index (χ1n) is 9.82. The number of carbonyl (C=O) groups excluding carboxylic acids is 2. The first-order valence-corrected chi connectivity index (χ1v) is 9.82. The van der Waals surface area contributed by atoms with Crippen LogP contribution in [0.1, 0.15) is 30.9 Å². The van der Waals surface area contributed by atoms with E-state index in [9.17, 15) is 9.59 Å². The Balaban J connectivity index is 1.62. The molecule has 2 N–H and O–H groups in total. The summed E-state index contributed by atoms with van der Waals surface area (Å²) in [6, 6.07) is 15.2. The molecule has 156 valence electrons. The van der Waals surface area contributed by atoms with Crippen LogP contribution in [0.25, 0.3) is 0 Å². The molecule has 1 atom stereocenters. The van der Waals surface area contributed by atoms with Crippen LogP contribution in [0, 0.1) is 0 Å². The van der Waals surface area contributed by atoms with Gasteiger partial charge in [-0.15, -0.1) is 0 Å². The Hall–Kier alpha value is -3.02. The van der Waals surface area contributed by atoms with E-state index in [-0.39, 0.29) is 17.9 Å². The minimum absolute atomic E-state index is 0.0270. The number of methoxy groups -OCH3 is 2. The zero-order chi connectivity index (χ0) is 21.1. The lowest BCUT2D eigenvalue weighted by Crippen LogP contribution is -2.41. The van der Waals surface area contributed by atoms with Crippen LogP contribution in [0.3, 0.4) is 0 Å². The van der Waals surface area contributed by atoms with E-state index < -0.39 is 0 Å². The van der Waals surface area contributed by atoms with E-state index in [4.69, 9.17) is 9.47 Å². The highest BCUT2D eigenvalue weighted by atomic mass is 16.5. The van der Waals surface area contributed by atoms with Gasteiger partial charge in [0.05, 0.1) is 14.2 Å². The lowest BCUT2D eigenvalue weighted by molar-refractivity contribution is -0.123. The van der Waals surface area contributed by atoms with Crippen molar-refractivity contribution < 1.29 is 19.1 Å². The highest BCUT2D eigenvalue weighted by Crippen LogP contribution is 2.13. The van der Waals surface area contributed by atoms with Gasteiger partial charge in [0.2, 0.25) is 11.8 Å². The normalized spacial score (nSPS) is 11.4. The maximum Gasteiger partial charge on any atom is 0.220 e. The minimum atomic E-state index is -0.122. The van der Waals surface area contributed by atoms with Gasteiger partial charge in [-0.1, -0.05) is 24.3 Å². The number of carbonyl (C=O) groups is 2. The number of aryl methyl sites for hydroxylation is 2. The molecular formula is C23H30N2O4. The third kappa shape index (κ3) is 8.25. The molecule has 2 amide bonds. The molecule has 0 radical (unpaired) electrons. The van der Waals surface area contributed by atoms with Gasteiger partial charge in [-0.2, -0.15) is 0 Å². The summed E-state index contributed by atoms with van der Waals surface area (Å²) in [6.45, 7) is 2.30. The van der Waals surface area contributed by atoms with E-state index in [2.05, 4.69) is 10.6 Å². The molecule has 6 nitrogen and oxygen atoms in total. The Morgan fingerprint density at radius 2 is 1.24 bits per heavy atom. The molecule has 0 aliphatic rings. The molecule has 0 spiro atoms. The molecule has 29 heavy (non-hydrogen) atoms. The van der Waals surface area contributed by atoms with Crippen LogP contribution < -0.4 is 20.1 Å². The molecule has 6 heteroatoms. The SMILES string of the molecule is COc1ccc(CCC(=O)NCC(C)NC(=O)CCc2ccc(OC)cc2)cc1. The number of rotatable bonds is 11. The third-order valence-electron chi connectivity index (χ3n) is 4.61. The Morgan fingerprint density at radius 1 is 0.793 bits per heavy atom. The number of amides is 2. The average molecular weight is 399 g/mol. The van der Waals surface area contributed by atoms with Crippen LogP contribution >= 0.6 is 0 Å². The maximum atomic E-state index is 12.1. The van der Waals surface area contributed by atoms with E-state index >= 15 is 0 Å². The zero-order valence-corrected chi connectivity index (χ0v) is 17.4. The molecular weight excluding hydrogens is 368 g/mol. The van der Waals surface area contributed by atoms with E-state index in [0.29, 0.717) is 32.2 Å². The van der Waals surface area contributed by atoms with Crippen LogP contribution in [-0.4, -0.2) is 38.6 Å². The summed E-state index contributed by atoms with van der Waals surface area (Å²) in [4.78, 5) is 24.1. The smallest absolute Gasteiger partial charge is 0.220 e. The van der Waals surface area contributed by atoms with Crippen molar-refractivity contribution in [2.75, 3.05) is 20.8 Å². The molecule has 0 bridgehead atoms. The second-order valence-corrected chi connectivity index (χ2v) is 6.97. The van der Waals surface area contributed by atoms with Crippen molar-refractivity contribution in [1.29, 1.82) is 0 Å². The summed E-state index contributed by atoms with van der Waals surface area (Å²) in [7, 11) is 3.25. The number of hydrogen-bond acceptors (Lipinski definition) is 4. The first-order chi connectivity index (χ1) is 14.0. The molecule has 0 fully saturated rings. The highest BCUT2D eigenvalue weighted by Gasteiger charge is 2.10. The Morgan fingerprint density at radius 3 is 1.69 bits per heavy atom. The molecule has 2 aromatic rings. The molecule has 0 heterocycles. The average Bonchev–Trinajstić information content (AvgIpc) is 2.75. The fourth-order valence-electron chi connectivity index (χ4n) is 2.85. The Labute approximate surface area is 172 Å². The van der Waals surface area contributed by atoms with Gasteiger partial charge in [0, 0.05) is 25.4 Å². The van der Waals surface area contributed by atoms with E-state index in [1.807, 2.05) is 55.5 Å². The van der Waals surface area contributed by atoms with Crippen molar-refractivity contribution in [3.05, 3.63) is 59.7 Å². The van der Waals surface area contributed by atoms with Gasteiger partial charge in [0.25, 0.3) is 0 Å². The summed E-state index contributed by atoms with van der Waals surface area (Å²) >= 11 is 0. The molecule has 0 saturated carbocycles. The number of benzene rings is 2. The number of nitrogens with one attached hydrogen (secondary N) is 2. The first kappa shape index (κ1) is 22.3. The van der Waals surface area contributed by atoms with Crippen LogP contribution in [0.2, 0.25) is 0 Å². The summed E-state index contributed by atoms with van der Waals surface area (Å²) in [5.74, 6) is 1.55. The molecule has 0 aromatic heterocycles. The molecule has 0 aliphatic heterocycles. The summed E-state index contributed by atoms with van der Waals surface area (Å²) in [5, 5.41) is 5.80. The van der Waals surface area contributed by atoms with Crippen molar-refractivity contribution in [3.8, 4) is 11.5 Å². The second kappa shape index (κ2) is 11.7. The molecule has 2 aromatic carbocycles. The monoisotopic (exact) mass is 398 g/mol. The maximum absolute atomic E-state index is 12.1. The van der Waals surface area contributed by atoms with Gasteiger partial charge in [0.1, 0.15) is 11.5 Å². The van der Waals surface area contributed by atoms with Crippen molar-refractivity contribution in [1.82, 2.24) is 10.6 Å². The van der Waals surface area contributed by atoms with Gasteiger partial charge in [-0.05, 0) is 55.2 Å². The second-order valence-electron chi connectivity index (χ2n) is 6.97. The number of ether oxygens (including phenoxy) is 2. The number of hydrogen-bond donors (Lipinski definition) is 2. The predicted octanol–water partition coefficient (Wildman–Crippen LogP) is 2.89. The summed E-state index contributed by atoms with van der Waals surface area (Å²) < 4.78 is 10.3. The molecule has 2 rings (SSSR count). The van der Waals surface area contributed by atoms with Crippen LogP contribution in [-0.2, 0) is 22.4 Å². The highest BCUT2D eigenvalue weighted by molar-refractivity contribution is 5.77. The minimum Gasteiger partial charge on any atom is -0.497 e. The lowest BCUT2D eigenvalue weighted by Gasteiger charge is -2.15. The van der Waals surface area contributed by atoms with E-state index in [1.54, 1.807) is 14.2 Å². The van der Waals surface area contributed by atoms with Crippen molar-refractivity contribution in [2.24, 2.45) is 0 Å². The van der Waals surface area contributed by atoms with E-state index in [1.165, 1.54) is 0 Å². The van der Waals surface area contributed by atoms with Crippen LogP contribution in [0.5, 0.6) is 11.5 Å². The van der Waals surface area contributed by atoms with Gasteiger partial charge in [-0.25, -0.2) is 0 Å².